The van der Waals surface area contributed by atoms with Crippen LogP contribution < -0.4 is 10.3 Å². The zero-order valence-corrected chi connectivity index (χ0v) is 12.3. The quantitative estimate of drug-likeness (QED) is 0.730. The summed E-state index contributed by atoms with van der Waals surface area (Å²) in [5.41, 5.74) is 0.548. The van der Waals surface area contributed by atoms with Gasteiger partial charge in [0.2, 0.25) is 0 Å². The molecule has 0 saturated carbocycles. The van der Waals surface area contributed by atoms with Crippen LogP contribution in [-0.2, 0) is 7.05 Å². The van der Waals surface area contributed by atoms with Crippen LogP contribution in [0, 0.1) is 0 Å². The van der Waals surface area contributed by atoms with Crippen molar-refractivity contribution in [2.75, 3.05) is 7.11 Å². The second kappa shape index (κ2) is 5.18. The smallest absolute Gasteiger partial charge is 0.279 e. The lowest BCUT2D eigenvalue weighted by Crippen LogP contribution is -2.22. The van der Waals surface area contributed by atoms with Crippen molar-refractivity contribution in [3.63, 3.8) is 0 Å². The lowest BCUT2D eigenvalue weighted by atomic mass is 10.1. The number of aryl methyl sites for hydroxylation is 1. The lowest BCUT2D eigenvalue weighted by molar-refractivity contribution is 0.410. The summed E-state index contributed by atoms with van der Waals surface area (Å²) in [6, 6.07) is 9.58. The first-order chi connectivity index (χ1) is 10.1. The largest absolute Gasteiger partial charge is 0.493 e. The van der Waals surface area contributed by atoms with Gasteiger partial charge in [-0.3, -0.25) is 9.78 Å². The molecule has 0 bridgehead atoms. The highest BCUT2D eigenvalue weighted by atomic mass is 35.5. The third kappa shape index (κ3) is 2.15. The average molecular weight is 302 g/mol. The molecule has 3 rings (SSSR count). The molecule has 106 valence electrons. The van der Waals surface area contributed by atoms with Crippen LogP contribution in [0.1, 0.15) is 0 Å². The maximum Gasteiger partial charge on any atom is 0.279 e. The molecule has 0 saturated heterocycles. The minimum Gasteiger partial charge on any atom is -0.493 e. The molecule has 0 aliphatic rings. The highest BCUT2D eigenvalue weighted by Gasteiger charge is 2.20. The molecule has 0 unspecified atom stereocenters. The van der Waals surface area contributed by atoms with Gasteiger partial charge in [-0.1, -0.05) is 35.9 Å². The number of nitrogens with zero attached hydrogens (tertiary/aromatic N) is 3. The first-order valence-electron chi connectivity index (χ1n) is 6.28. The standard InChI is InChI=1S/C15H12ClN3O2/c1-19-15(20)11(13(21-2)14(16)18-19)12-10-6-4-3-5-9(10)7-8-17-12/h3-8H,1-2H3. The van der Waals surface area contributed by atoms with Crippen LogP contribution >= 0.6 is 11.6 Å². The van der Waals surface area contributed by atoms with Crippen molar-refractivity contribution in [3.8, 4) is 17.0 Å². The normalized spacial score (nSPS) is 10.8. The molecular weight excluding hydrogens is 290 g/mol. The minimum absolute atomic E-state index is 0.129. The Morgan fingerprint density at radius 2 is 2.00 bits per heavy atom. The van der Waals surface area contributed by atoms with Crippen molar-refractivity contribution < 1.29 is 4.74 Å². The number of rotatable bonds is 2. The fraction of sp³-hybridized carbons (Fsp3) is 0.133. The van der Waals surface area contributed by atoms with Crippen molar-refractivity contribution in [2.24, 2.45) is 7.05 Å². The van der Waals surface area contributed by atoms with Crippen LogP contribution in [0.3, 0.4) is 0 Å². The second-order valence-corrected chi connectivity index (χ2v) is 4.87. The van der Waals surface area contributed by atoms with E-state index in [1.54, 1.807) is 13.2 Å². The molecule has 0 fully saturated rings. The average Bonchev–Trinajstić information content (AvgIpc) is 2.50. The van der Waals surface area contributed by atoms with Crippen molar-refractivity contribution in [1.82, 2.24) is 14.8 Å². The number of aromatic nitrogens is 3. The van der Waals surface area contributed by atoms with Gasteiger partial charge in [0, 0.05) is 18.6 Å². The van der Waals surface area contributed by atoms with Gasteiger partial charge in [-0.2, -0.15) is 5.10 Å². The third-order valence-corrected chi connectivity index (χ3v) is 3.52. The Bertz CT molecular complexity index is 884. The summed E-state index contributed by atoms with van der Waals surface area (Å²) in [5, 5.41) is 5.90. The number of hydrogen-bond acceptors (Lipinski definition) is 4. The van der Waals surface area contributed by atoms with E-state index in [1.807, 2.05) is 30.3 Å². The number of pyridine rings is 1. The van der Waals surface area contributed by atoms with Crippen LogP contribution in [0.25, 0.3) is 22.0 Å². The first kappa shape index (κ1) is 13.6. The number of ether oxygens (including phenoxy) is 1. The monoisotopic (exact) mass is 301 g/mol. The van der Waals surface area contributed by atoms with Gasteiger partial charge in [-0.15, -0.1) is 0 Å². The van der Waals surface area contributed by atoms with E-state index < -0.39 is 0 Å². The Morgan fingerprint density at radius 1 is 1.24 bits per heavy atom. The Hall–Kier alpha value is -2.40. The van der Waals surface area contributed by atoms with Gasteiger partial charge in [0.25, 0.3) is 5.56 Å². The van der Waals surface area contributed by atoms with E-state index in [2.05, 4.69) is 10.1 Å². The number of halogens is 1. The molecule has 0 radical (unpaired) electrons. The number of hydrogen-bond donors (Lipinski definition) is 0. The van der Waals surface area contributed by atoms with Gasteiger partial charge in [-0.05, 0) is 11.5 Å². The van der Waals surface area contributed by atoms with E-state index in [4.69, 9.17) is 16.3 Å². The Labute approximate surface area is 125 Å². The Balaban J connectivity index is 2.46. The SMILES string of the molecule is COc1c(Cl)nn(C)c(=O)c1-c1nccc2ccccc12. The molecule has 0 atom stereocenters. The molecule has 6 heteroatoms. The summed E-state index contributed by atoms with van der Waals surface area (Å²) in [4.78, 5) is 16.8. The molecule has 0 amide bonds. The fourth-order valence-electron chi connectivity index (χ4n) is 2.30. The summed E-state index contributed by atoms with van der Waals surface area (Å²) in [6.07, 6.45) is 1.66. The summed E-state index contributed by atoms with van der Waals surface area (Å²) in [5.74, 6) is 0.239. The summed E-state index contributed by atoms with van der Waals surface area (Å²) < 4.78 is 6.45. The summed E-state index contributed by atoms with van der Waals surface area (Å²) in [7, 11) is 3.00. The van der Waals surface area contributed by atoms with Crippen molar-refractivity contribution in [1.29, 1.82) is 0 Å². The van der Waals surface area contributed by atoms with E-state index in [0.29, 0.717) is 11.3 Å². The maximum absolute atomic E-state index is 12.5. The first-order valence-corrected chi connectivity index (χ1v) is 6.66. The molecule has 1 aromatic carbocycles. The summed E-state index contributed by atoms with van der Waals surface area (Å²) >= 11 is 6.08. The maximum atomic E-state index is 12.5. The van der Waals surface area contributed by atoms with E-state index in [1.165, 1.54) is 11.8 Å². The molecular formula is C15H12ClN3O2. The van der Waals surface area contributed by atoms with Crippen LogP contribution in [0.4, 0.5) is 0 Å². The molecule has 2 aromatic heterocycles. The zero-order chi connectivity index (χ0) is 15.0. The molecule has 2 heterocycles. The van der Waals surface area contributed by atoms with Gasteiger partial charge in [0.05, 0.1) is 12.8 Å². The number of benzene rings is 1. The van der Waals surface area contributed by atoms with Gasteiger partial charge in [0.1, 0.15) is 5.56 Å². The summed E-state index contributed by atoms with van der Waals surface area (Å²) in [6.45, 7) is 0. The number of methoxy groups -OCH3 is 1. The Morgan fingerprint density at radius 3 is 2.76 bits per heavy atom. The van der Waals surface area contributed by atoms with Crippen LogP contribution in [0.2, 0.25) is 5.15 Å². The molecule has 0 aliphatic heterocycles. The van der Waals surface area contributed by atoms with Crippen LogP contribution in [0.15, 0.2) is 41.3 Å². The van der Waals surface area contributed by atoms with Crippen LogP contribution in [0.5, 0.6) is 5.75 Å². The van der Waals surface area contributed by atoms with Gasteiger partial charge < -0.3 is 4.74 Å². The van der Waals surface area contributed by atoms with Crippen molar-refractivity contribution >= 4 is 22.4 Å². The van der Waals surface area contributed by atoms with Gasteiger partial charge >= 0.3 is 0 Å². The predicted octanol–water partition coefficient (Wildman–Crippen LogP) is 2.66. The molecule has 0 N–H and O–H groups in total. The van der Waals surface area contributed by atoms with E-state index in [9.17, 15) is 4.79 Å². The predicted molar refractivity (Wildman–Crippen MR) is 81.8 cm³/mol. The zero-order valence-electron chi connectivity index (χ0n) is 11.5. The molecule has 5 nitrogen and oxygen atoms in total. The lowest BCUT2D eigenvalue weighted by Gasteiger charge is -2.11. The van der Waals surface area contributed by atoms with E-state index in [0.717, 1.165) is 10.8 Å². The number of fused-ring (bicyclic) bond motifs is 1. The molecule has 3 aromatic rings. The second-order valence-electron chi connectivity index (χ2n) is 4.51. The minimum atomic E-state index is -0.305. The van der Waals surface area contributed by atoms with Crippen molar-refractivity contribution in [2.45, 2.75) is 0 Å². The molecule has 21 heavy (non-hydrogen) atoms. The van der Waals surface area contributed by atoms with Crippen molar-refractivity contribution in [3.05, 3.63) is 52.0 Å². The fourth-order valence-corrected chi connectivity index (χ4v) is 2.58. The highest BCUT2D eigenvalue weighted by molar-refractivity contribution is 6.31. The molecule has 0 aliphatic carbocycles. The van der Waals surface area contributed by atoms with E-state index in [-0.39, 0.29) is 16.5 Å². The van der Waals surface area contributed by atoms with Gasteiger partial charge in [0.15, 0.2) is 10.9 Å². The topological polar surface area (TPSA) is 57.0 Å². The third-order valence-electron chi connectivity index (χ3n) is 3.27. The van der Waals surface area contributed by atoms with Crippen LogP contribution in [-0.4, -0.2) is 21.9 Å². The van der Waals surface area contributed by atoms with Gasteiger partial charge in [-0.25, -0.2) is 4.68 Å². The molecule has 0 spiro atoms. The Kier molecular flexibility index (Phi) is 3.35. The van der Waals surface area contributed by atoms with E-state index >= 15 is 0 Å². The highest BCUT2D eigenvalue weighted by Crippen LogP contribution is 2.34.